The summed E-state index contributed by atoms with van der Waals surface area (Å²) in [4.78, 5) is 11.7. The Kier molecular flexibility index (Phi) is 7.14. The van der Waals surface area contributed by atoms with Gasteiger partial charge in [0.05, 0.1) is 22.5 Å². The largest absolute Gasteiger partial charge is 0.493 e. The van der Waals surface area contributed by atoms with E-state index in [9.17, 15) is 10.1 Å². The highest BCUT2D eigenvalue weighted by Gasteiger charge is 2.42. The molecule has 0 aromatic heterocycles. The molecule has 37 heavy (non-hydrogen) atoms. The Balaban J connectivity index is 1.52. The predicted octanol–water partition coefficient (Wildman–Crippen LogP) is 8.70. The molecule has 0 bridgehead atoms. The Morgan fingerprint density at radius 3 is 2.68 bits per heavy atom. The third-order valence-electron chi connectivity index (χ3n) is 7.34. The molecule has 1 aliphatic heterocycles. The number of methoxy groups -OCH3 is 1. The van der Waals surface area contributed by atoms with Crippen LogP contribution in [0.3, 0.4) is 0 Å². The van der Waals surface area contributed by atoms with E-state index >= 15 is 0 Å². The second-order valence-corrected chi connectivity index (χ2v) is 11.1. The molecular weight excluding hydrogens is 579 g/mol. The van der Waals surface area contributed by atoms with Gasteiger partial charge in [0.15, 0.2) is 11.5 Å². The summed E-state index contributed by atoms with van der Waals surface area (Å²) in [6.45, 7) is 4.21. The molecule has 1 N–H and O–H groups in total. The summed E-state index contributed by atoms with van der Waals surface area (Å²) in [6.07, 6.45) is 5.23. The van der Waals surface area contributed by atoms with Crippen molar-refractivity contribution in [1.82, 2.24) is 0 Å². The summed E-state index contributed by atoms with van der Waals surface area (Å²) in [5.74, 6) is 1.41. The highest BCUT2D eigenvalue weighted by Crippen LogP contribution is 2.54. The highest BCUT2D eigenvalue weighted by molar-refractivity contribution is 9.10. The average Bonchev–Trinajstić information content (AvgIpc) is 3.35. The molecule has 2 aliphatic rings. The molecule has 1 aliphatic carbocycles. The molecule has 5 rings (SSSR count). The number of aryl methyl sites for hydroxylation is 1. The molecular formula is C28H25BrCl2N2O4. The van der Waals surface area contributed by atoms with Crippen molar-refractivity contribution in [2.75, 3.05) is 12.4 Å². The minimum Gasteiger partial charge on any atom is -0.493 e. The molecule has 3 atom stereocenters. The van der Waals surface area contributed by atoms with E-state index in [0.717, 1.165) is 38.7 Å². The van der Waals surface area contributed by atoms with Gasteiger partial charge in [-0.3, -0.25) is 10.1 Å². The number of nitro groups is 1. The van der Waals surface area contributed by atoms with Crippen LogP contribution < -0.4 is 14.8 Å². The summed E-state index contributed by atoms with van der Waals surface area (Å²) < 4.78 is 12.5. The van der Waals surface area contributed by atoms with E-state index < -0.39 is 0 Å². The Morgan fingerprint density at radius 2 is 1.97 bits per heavy atom. The van der Waals surface area contributed by atoms with Crippen molar-refractivity contribution >= 4 is 50.5 Å². The molecule has 6 nitrogen and oxygen atoms in total. The summed E-state index contributed by atoms with van der Waals surface area (Å²) in [6, 6.07) is 10.7. The number of nitrogens with zero attached hydrogens (tertiary/aromatic N) is 1. The fraction of sp³-hybridized carbons (Fsp3) is 0.286. The fourth-order valence-corrected chi connectivity index (χ4v) is 6.44. The van der Waals surface area contributed by atoms with Gasteiger partial charge in [-0.15, -0.1) is 0 Å². The van der Waals surface area contributed by atoms with Crippen LogP contribution in [0.4, 0.5) is 11.4 Å². The van der Waals surface area contributed by atoms with E-state index in [1.165, 1.54) is 0 Å². The first-order valence-electron chi connectivity index (χ1n) is 11.9. The van der Waals surface area contributed by atoms with E-state index in [2.05, 4.69) is 33.4 Å². The third kappa shape index (κ3) is 4.69. The monoisotopic (exact) mass is 602 g/mol. The maximum atomic E-state index is 12.0. The molecule has 192 valence electrons. The average molecular weight is 604 g/mol. The number of nitrogens with one attached hydrogen (secondary N) is 1. The lowest BCUT2D eigenvalue weighted by molar-refractivity contribution is -0.384. The number of ether oxygens (including phenoxy) is 2. The molecule has 0 saturated heterocycles. The number of fused-ring (bicyclic) bond motifs is 3. The summed E-state index contributed by atoms with van der Waals surface area (Å²) >= 11 is 16.0. The maximum Gasteiger partial charge on any atom is 0.292 e. The maximum absolute atomic E-state index is 12.0. The number of halogens is 3. The van der Waals surface area contributed by atoms with Gasteiger partial charge >= 0.3 is 0 Å². The van der Waals surface area contributed by atoms with E-state index in [4.69, 9.17) is 32.7 Å². The molecule has 0 saturated carbocycles. The van der Waals surface area contributed by atoms with Crippen LogP contribution in [-0.2, 0) is 6.61 Å². The first-order chi connectivity index (χ1) is 17.7. The number of hydrogen-bond donors (Lipinski definition) is 1. The van der Waals surface area contributed by atoms with Crippen molar-refractivity contribution in [2.45, 2.75) is 38.8 Å². The smallest absolute Gasteiger partial charge is 0.292 e. The van der Waals surface area contributed by atoms with Crippen molar-refractivity contribution < 1.29 is 14.4 Å². The van der Waals surface area contributed by atoms with Gasteiger partial charge in [-0.1, -0.05) is 41.4 Å². The minimum atomic E-state index is -0.302. The zero-order chi connectivity index (χ0) is 26.4. The zero-order valence-electron chi connectivity index (χ0n) is 20.5. The fourth-order valence-electron chi connectivity index (χ4n) is 5.40. The second kappa shape index (κ2) is 10.2. The molecule has 0 amide bonds. The summed E-state index contributed by atoms with van der Waals surface area (Å²) in [7, 11) is 1.59. The van der Waals surface area contributed by atoms with Crippen LogP contribution in [0, 0.1) is 29.9 Å². The zero-order valence-corrected chi connectivity index (χ0v) is 23.6. The Labute approximate surface area is 233 Å². The van der Waals surface area contributed by atoms with Crippen LogP contribution in [0.2, 0.25) is 10.0 Å². The molecule has 0 radical (unpaired) electrons. The number of benzene rings is 3. The predicted molar refractivity (Wildman–Crippen MR) is 150 cm³/mol. The molecule has 3 aromatic rings. The first kappa shape index (κ1) is 25.9. The second-order valence-electron chi connectivity index (χ2n) is 9.42. The lowest BCUT2D eigenvalue weighted by atomic mass is 9.74. The van der Waals surface area contributed by atoms with Crippen molar-refractivity contribution in [3.63, 3.8) is 0 Å². The molecule has 0 unspecified atom stereocenters. The quantitative estimate of drug-likeness (QED) is 0.173. The van der Waals surface area contributed by atoms with Crippen LogP contribution >= 0.6 is 39.1 Å². The summed E-state index contributed by atoms with van der Waals surface area (Å²) in [5, 5.41) is 16.6. The number of hydrogen-bond acceptors (Lipinski definition) is 5. The topological polar surface area (TPSA) is 73.6 Å². The molecule has 1 heterocycles. The Hall–Kier alpha value is -2.74. The van der Waals surface area contributed by atoms with Crippen molar-refractivity contribution in [3.8, 4) is 11.5 Å². The van der Waals surface area contributed by atoms with Crippen LogP contribution in [0.1, 0.15) is 46.2 Å². The normalized spacial score (nSPS) is 19.7. The van der Waals surface area contributed by atoms with Gasteiger partial charge in [0.25, 0.3) is 5.69 Å². The van der Waals surface area contributed by atoms with Gasteiger partial charge in [-0.2, -0.15) is 0 Å². The Morgan fingerprint density at radius 1 is 1.19 bits per heavy atom. The lowest BCUT2D eigenvalue weighted by Gasteiger charge is -2.38. The highest BCUT2D eigenvalue weighted by atomic mass is 79.9. The Bertz CT molecular complexity index is 1440. The van der Waals surface area contributed by atoms with E-state index in [1.54, 1.807) is 25.3 Å². The standard InChI is InChI=1S/C28H25BrCl2N2O4/c1-14-9-23(33(34)35)27-25(15(14)2)19-5-4-6-20(19)26(32-27)17-10-21(29)28(24(11-17)36-3)37-13-16-7-8-18(30)12-22(16)31/h4-5,7-12,19-20,26,32H,6,13H2,1-3H3/t19-,20+,26-/m0/s1. The van der Waals surface area contributed by atoms with Gasteiger partial charge in [0, 0.05) is 27.6 Å². The molecule has 0 fully saturated rings. The number of rotatable bonds is 6. The first-order valence-corrected chi connectivity index (χ1v) is 13.4. The van der Waals surface area contributed by atoms with Crippen LogP contribution in [0.5, 0.6) is 11.5 Å². The number of allylic oxidation sites excluding steroid dienone is 2. The van der Waals surface area contributed by atoms with Crippen molar-refractivity contribution in [2.24, 2.45) is 5.92 Å². The number of nitro benzene ring substituents is 1. The van der Waals surface area contributed by atoms with E-state index in [1.807, 2.05) is 32.0 Å². The van der Waals surface area contributed by atoms with Crippen LogP contribution in [0.15, 0.2) is 53.0 Å². The summed E-state index contributed by atoms with van der Waals surface area (Å²) in [5.41, 5.74) is 5.50. The van der Waals surface area contributed by atoms with Gasteiger partial charge in [-0.25, -0.2) is 0 Å². The van der Waals surface area contributed by atoms with Gasteiger partial charge in [0.1, 0.15) is 12.3 Å². The van der Waals surface area contributed by atoms with Crippen LogP contribution in [0.25, 0.3) is 0 Å². The van der Waals surface area contributed by atoms with Gasteiger partial charge < -0.3 is 14.8 Å². The van der Waals surface area contributed by atoms with E-state index in [0.29, 0.717) is 27.2 Å². The van der Waals surface area contributed by atoms with Crippen molar-refractivity contribution in [3.05, 3.63) is 101 Å². The van der Waals surface area contributed by atoms with Crippen LogP contribution in [-0.4, -0.2) is 12.0 Å². The molecule has 9 heteroatoms. The molecule has 3 aromatic carbocycles. The minimum absolute atomic E-state index is 0.0904. The lowest BCUT2D eigenvalue weighted by Crippen LogP contribution is -2.30. The molecule has 0 spiro atoms. The SMILES string of the molecule is COc1cc([C@@H]2Nc3c([N+](=O)[O-])cc(C)c(C)c3[C@H]3C=CC[C@H]32)cc(Br)c1OCc1ccc(Cl)cc1Cl. The van der Waals surface area contributed by atoms with E-state index in [-0.39, 0.29) is 35.1 Å². The van der Waals surface area contributed by atoms with Gasteiger partial charge in [0.2, 0.25) is 0 Å². The van der Waals surface area contributed by atoms with Gasteiger partial charge in [-0.05, 0) is 88.6 Å². The number of anilines is 1. The van der Waals surface area contributed by atoms with Crippen molar-refractivity contribution in [1.29, 1.82) is 0 Å². The third-order valence-corrected chi connectivity index (χ3v) is 8.52.